The minimum absolute atomic E-state index is 0.0946. The van der Waals surface area contributed by atoms with E-state index in [0.717, 1.165) is 12.1 Å². The average Bonchev–Trinajstić information content (AvgIpc) is 2.79. The van der Waals surface area contributed by atoms with E-state index in [1.165, 1.54) is 42.6 Å². The number of rotatable bonds is 6. The Kier molecular flexibility index (Phi) is 6.20. The number of benzene rings is 2. The van der Waals surface area contributed by atoms with Crippen molar-refractivity contribution in [3.63, 3.8) is 0 Å². The Morgan fingerprint density at radius 2 is 1.88 bits per heavy atom. The summed E-state index contributed by atoms with van der Waals surface area (Å²) in [7, 11) is 0. The molecule has 10 heteroatoms. The number of aromatic carboxylic acids is 1. The molecule has 2 aromatic heterocycles. The van der Waals surface area contributed by atoms with E-state index in [1.54, 1.807) is 6.07 Å². The quantitative estimate of drug-likeness (QED) is 0.240. The Bertz CT molecular complexity index is 1520. The molecular formula is C24H14ClFN2O6. The number of anilines is 1. The molecule has 2 aromatic carbocycles. The lowest BCUT2D eigenvalue weighted by molar-refractivity contribution is -0.122. The van der Waals surface area contributed by atoms with Crippen LogP contribution in [0.5, 0.6) is 0 Å². The fourth-order valence-electron chi connectivity index (χ4n) is 3.44. The minimum atomic E-state index is -1.28. The first-order valence-corrected chi connectivity index (χ1v) is 10.1. The summed E-state index contributed by atoms with van der Waals surface area (Å²) in [5, 5.41) is 12.1. The van der Waals surface area contributed by atoms with Crippen LogP contribution in [0.4, 0.5) is 10.1 Å². The van der Waals surface area contributed by atoms with Crippen molar-refractivity contribution in [2.75, 3.05) is 5.32 Å². The lowest BCUT2D eigenvalue weighted by Crippen LogP contribution is -2.22. The second-order valence-electron chi connectivity index (χ2n) is 7.20. The number of halogens is 2. The van der Waals surface area contributed by atoms with E-state index in [-0.39, 0.29) is 27.6 Å². The van der Waals surface area contributed by atoms with Crippen molar-refractivity contribution >= 4 is 46.4 Å². The number of aldehydes is 1. The van der Waals surface area contributed by atoms with Crippen molar-refractivity contribution in [1.82, 2.24) is 4.98 Å². The smallest absolute Gasteiger partial charge is 0.354 e. The fraction of sp³-hybridized carbons (Fsp3) is 0.0417. The molecule has 0 saturated heterocycles. The zero-order valence-corrected chi connectivity index (χ0v) is 17.9. The van der Waals surface area contributed by atoms with Gasteiger partial charge in [0.2, 0.25) is 5.91 Å². The maximum atomic E-state index is 13.5. The number of amides is 1. The van der Waals surface area contributed by atoms with Crippen LogP contribution < -0.4 is 10.9 Å². The van der Waals surface area contributed by atoms with Gasteiger partial charge in [-0.05, 0) is 42.0 Å². The third-order valence-electron chi connectivity index (χ3n) is 5.01. The summed E-state index contributed by atoms with van der Waals surface area (Å²) >= 11 is 6.16. The van der Waals surface area contributed by atoms with Crippen LogP contribution in [-0.4, -0.2) is 28.3 Å². The number of carboxylic acid groups (broad SMARTS) is 1. The summed E-state index contributed by atoms with van der Waals surface area (Å²) in [6, 6.07) is 12.0. The van der Waals surface area contributed by atoms with E-state index >= 15 is 0 Å². The third kappa shape index (κ3) is 4.55. The third-order valence-corrected chi connectivity index (χ3v) is 5.33. The number of nitrogens with zero attached hydrogens (tertiary/aromatic N) is 1. The van der Waals surface area contributed by atoms with Crippen molar-refractivity contribution < 1.29 is 28.3 Å². The maximum Gasteiger partial charge on any atom is 0.354 e. The number of aromatic nitrogens is 1. The van der Waals surface area contributed by atoms with Crippen LogP contribution in [0, 0.1) is 5.82 Å². The summed E-state index contributed by atoms with van der Waals surface area (Å²) in [6.07, 6.45) is 1.62. The molecule has 170 valence electrons. The van der Waals surface area contributed by atoms with Gasteiger partial charge in [-0.2, -0.15) is 0 Å². The molecule has 0 bridgehead atoms. The second-order valence-corrected chi connectivity index (χ2v) is 7.60. The Morgan fingerprint density at radius 1 is 1.09 bits per heavy atom. The van der Waals surface area contributed by atoms with Crippen LogP contribution in [0.2, 0.25) is 5.02 Å². The van der Waals surface area contributed by atoms with E-state index in [2.05, 4.69) is 10.3 Å². The molecule has 0 aliphatic heterocycles. The predicted molar refractivity (Wildman–Crippen MR) is 122 cm³/mol. The van der Waals surface area contributed by atoms with Gasteiger partial charge in [0.1, 0.15) is 29.3 Å². The summed E-state index contributed by atoms with van der Waals surface area (Å²) in [4.78, 5) is 51.4. The first-order chi connectivity index (χ1) is 16.3. The Labute approximate surface area is 195 Å². The molecule has 0 spiro atoms. The van der Waals surface area contributed by atoms with Crippen molar-refractivity contribution in [2.45, 2.75) is 5.92 Å². The highest BCUT2D eigenvalue weighted by atomic mass is 35.5. The number of hydrogen-bond acceptors (Lipinski definition) is 6. The van der Waals surface area contributed by atoms with E-state index in [1.807, 2.05) is 0 Å². The van der Waals surface area contributed by atoms with Crippen LogP contribution in [0.25, 0.3) is 22.1 Å². The number of carbonyl (C=O) groups excluding carboxylic acids is 2. The predicted octanol–water partition coefficient (Wildman–Crippen LogP) is 4.27. The van der Waals surface area contributed by atoms with Crippen molar-refractivity contribution in [1.29, 1.82) is 0 Å². The topological polar surface area (TPSA) is 127 Å². The lowest BCUT2D eigenvalue weighted by atomic mass is 9.95. The number of carboxylic acids is 1. The van der Waals surface area contributed by atoms with Gasteiger partial charge in [-0.3, -0.25) is 4.79 Å². The van der Waals surface area contributed by atoms with Gasteiger partial charge in [0, 0.05) is 34.5 Å². The van der Waals surface area contributed by atoms with Crippen molar-refractivity contribution in [3.05, 3.63) is 93.3 Å². The summed E-state index contributed by atoms with van der Waals surface area (Å²) in [5.74, 6) is -3.82. The molecule has 1 atom stereocenters. The molecule has 4 rings (SSSR count). The normalized spacial score (nSPS) is 11.7. The molecule has 0 unspecified atom stereocenters. The number of nitrogens with one attached hydrogen (secondary N) is 1. The zero-order chi connectivity index (χ0) is 24.4. The molecule has 0 saturated carbocycles. The monoisotopic (exact) mass is 480 g/mol. The fourth-order valence-corrected chi connectivity index (χ4v) is 3.71. The Morgan fingerprint density at radius 3 is 2.59 bits per heavy atom. The minimum Gasteiger partial charge on any atom is -0.477 e. The molecule has 0 aliphatic rings. The highest BCUT2D eigenvalue weighted by Crippen LogP contribution is 2.34. The lowest BCUT2D eigenvalue weighted by Gasteiger charge is -2.13. The number of hydrogen-bond donors (Lipinski definition) is 2. The highest BCUT2D eigenvalue weighted by molar-refractivity contribution is 6.33. The molecule has 0 fully saturated rings. The largest absolute Gasteiger partial charge is 0.477 e. The van der Waals surface area contributed by atoms with Crippen molar-refractivity contribution in [3.8, 4) is 11.1 Å². The molecule has 0 radical (unpaired) electrons. The highest BCUT2D eigenvalue weighted by Gasteiger charge is 2.22. The maximum absolute atomic E-state index is 13.5. The number of fused-ring (bicyclic) bond motifs is 1. The summed E-state index contributed by atoms with van der Waals surface area (Å²) in [5.41, 5.74) is 0.295. The van der Waals surface area contributed by atoms with Gasteiger partial charge in [-0.1, -0.05) is 23.7 Å². The first-order valence-electron chi connectivity index (χ1n) is 9.75. The van der Waals surface area contributed by atoms with E-state index in [9.17, 15) is 23.6 Å². The van der Waals surface area contributed by atoms with E-state index in [0.29, 0.717) is 22.8 Å². The van der Waals surface area contributed by atoms with Gasteiger partial charge in [0.15, 0.2) is 0 Å². The molecule has 8 nitrogen and oxygen atoms in total. The molecule has 2 N–H and O–H groups in total. The second kappa shape index (κ2) is 9.24. The van der Waals surface area contributed by atoms with Gasteiger partial charge in [-0.25, -0.2) is 19.0 Å². The SMILES string of the molecule is O=C[C@H](C(=O)Nc1ccnc(C(=O)O)c1)c1ccc2c(-c3ccc(F)cc3Cl)cc(=O)oc2c1. The van der Waals surface area contributed by atoms with Gasteiger partial charge in [-0.15, -0.1) is 0 Å². The van der Waals surface area contributed by atoms with Crippen LogP contribution >= 0.6 is 11.6 Å². The molecule has 2 heterocycles. The van der Waals surface area contributed by atoms with E-state index < -0.39 is 29.2 Å². The summed E-state index contributed by atoms with van der Waals surface area (Å²) in [6.45, 7) is 0. The number of pyridine rings is 1. The first kappa shape index (κ1) is 22.8. The van der Waals surface area contributed by atoms with Gasteiger partial charge in [0.25, 0.3) is 0 Å². The van der Waals surface area contributed by atoms with Crippen LogP contribution in [0.15, 0.2) is 70.0 Å². The van der Waals surface area contributed by atoms with Gasteiger partial charge in [0.05, 0.1) is 5.02 Å². The van der Waals surface area contributed by atoms with Gasteiger partial charge < -0.3 is 19.6 Å². The summed E-state index contributed by atoms with van der Waals surface area (Å²) < 4.78 is 18.7. The molecule has 0 aliphatic carbocycles. The van der Waals surface area contributed by atoms with Crippen LogP contribution in [-0.2, 0) is 9.59 Å². The van der Waals surface area contributed by atoms with Crippen molar-refractivity contribution in [2.24, 2.45) is 0 Å². The van der Waals surface area contributed by atoms with E-state index in [4.69, 9.17) is 21.1 Å². The Balaban J connectivity index is 1.72. The molecule has 1 amide bonds. The molecule has 4 aromatic rings. The van der Waals surface area contributed by atoms with Crippen LogP contribution in [0.3, 0.4) is 0 Å². The van der Waals surface area contributed by atoms with Crippen LogP contribution in [0.1, 0.15) is 22.0 Å². The standard InChI is InChI=1S/C24H14ClFN2O6/c25-19-8-13(26)2-4-15(19)17-10-22(30)34-21-7-12(1-3-16(17)21)18(11-29)23(31)28-14-5-6-27-20(9-14)24(32)33/h1-11,18H,(H,32,33)(H,27,28,31)/t18-/m0/s1. The van der Waals surface area contributed by atoms with Gasteiger partial charge >= 0.3 is 11.6 Å². The molecular weight excluding hydrogens is 467 g/mol. The Hall–Kier alpha value is -4.37. The molecule has 34 heavy (non-hydrogen) atoms. The zero-order valence-electron chi connectivity index (χ0n) is 17.1. The average molecular weight is 481 g/mol. The number of carbonyl (C=O) groups is 3.